The SMILES string of the molecule is O=C(O)c1c(O)c(-c2ccc(F)cc2F)nc2ccc(Br)cc12. The molecule has 7 heteroatoms. The number of hydrogen-bond donors (Lipinski definition) is 2. The molecule has 0 fully saturated rings. The van der Waals surface area contributed by atoms with Crippen molar-refractivity contribution in [2.75, 3.05) is 0 Å². The third-order valence-electron chi connectivity index (χ3n) is 3.32. The minimum absolute atomic E-state index is 0.184. The van der Waals surface area contributed by atoms with E-state index in [0.29, 0.717) is 10.5 Å². The zero-order valence-electron chi connectivity index (χ0n) is 11.3. The lowest BCUT2D eigenvalue weighted by Gasteiger charge is -2.11. The first-order valence-corrected chi connectivity index (χ1v) is 7.18. The van der Waals surface area contributed by atoms with Gasteiger partial charge in [-0.2, -0.15) is 0 Å². The molecule has 0 atom stereocenters. The third kappa shape index (κ3) is 2.63. The number of benzene rings is 2. The van der Waals surface area contributed by atoms with Gasteiger partial charge in [-0.15, -0.1) is 0 Å². The van der Waals surface area contributed by atoms with Gasteiger partial charge in [-0.1, -0.05) is 15.9 Å². The quantitative estimate of drug-likeness (QED) is 0.694. The summed E-state index contributed by atoms with van der Waals surface area (Å²) < 4.78 is 27.6. The van der Waals surface area contributed by atoms with Crippen LogP contribution in [0.5, 0.6) is 5.75 Å². The maximum absolute atomic E-state index is 14.0. The summed E-state index contributed by atoms with van der Waals surface area (Å²) in [4.78, 5) is 15.6. The summed E-state index contributed by atoms with van der Waals surface area (Å²) in [5.41, 5.74) is -0.567. The number of carboxylic acid groups (broad SMARTS) is 1. The number of aromatic hydroxyl groups is 1. The lowest BCUT2D eigenvalue weighted by Crippen LogP contribution is -2.02. The number of aromatic carboxylic acids is 1. The molecular formula is C16H8BrF2NO3. The van der Waals surface area contributed by atoms with E-state index in [1.807, 2.05) is 0 Å². The number of fused-ring (bicyclic) bond motifs is 1. The number of rotatable bonds is 2. The molecule has 0 saturated carbocycles. The van der Waals surface area contributed by atoms with Gasteiger partial charge in [-0.3, -0.25) is 0 Å². The van der Waals surface area contributed by atoms with Gasteiger partial charge in [-0.05, 0) is 30.3 Å². The Morgan fingerprint density at radius 3 is 2.52 bits per heavy atom. The van der Waals surface area contributed by atoms with E-state index in [2.05, 4.69) is 20.9 Å². The lowest BCUT2D eigenvalue weighted by atomic mass is 10.0. The highest BCUT2D eigenvalue weighted by Gasteiger charge is 2.22. The van der Waals surface area contributed by atoms with Gasteiger partial charge in [0.05, 0.1) is 5.52 Å². The van der Waals surface area contributed by atoms with E-state index in [0.717, 1.165) is 12.1 Å². The standard InChI is InChI=1S/C16H8BrF2NO3/c17-7-1-4-12-10(5-7)13(16(22)23)15(21)14(20-12)9-3-2-8(18)6-11(9)19/h1-6,21H,(H,22,23). The number of pyridine rings is 1. The molecule has 0 bridgehead atoms. The van der Waals surface area contributed by atoms with E-state index in [4.69, 9.17) is 0 Å². The zero-order valence-corrected chi connectivity index (χ0v) is 12.9. The molecule has 23 heavy (non-hydrogen) atoms. The topological polar surface area (TPSA) is 70.4 Å². The number of aromatic nitrogens is 1. The second kappa shape index (κ2) is 5.58. The minimum atomic E-state index is -1.38. The molecule has 0 aliphatic heterocycles. The summed E-state index contributed by atoms with van der Waals surface area (Å²) in [5.74, 6) is -3.78. The Bertz CT molecular complexity index is 960. The van der Waals surface area contributed by atoms with Gasteiger partial charge < -0.3 is 10.2 Å². The monoisotopic (exact) mass is 379 g/mol. The Hall–Kier alpha value is -2.54. The van der Waals surface area contributed by atoms with Crippen molar-refractivity contribution in [1.29, 1.82) is 0 Å². The lowest BCUT2D eigenvalue weighted by molar-refractivity contribution is 0.0696. The molecule has 0 saturated heterocycles. The molecule has 0 aliphatic rings. The van der Waals surface area contributed by atoms with E-state index in [9.17, 15) is 23.8 Å². The first-order valence-electron chi connectivity index (χ1n) is 6.39. The predicted octanol–water partition coefficient (Wildman–Crippen LogP) is 4.35. The van der Waals surface area contributed by atoms with Crippen molar-refractivity contribution in [2.45, 2.75) is 0 Å². The molecule has 0 spiro atoms. The van der Waals surface area contributed by atoms with Crippen LogP contribution in [-0.2, 0) is 0 Å². The molecule has 1 heterocycles. The van der Waals surface area contributed by atoms with Crippen LogP contribution < -0.4 is 0 Å². The molecule has 116 valence electrons. The fourth-order valence-corrected chi connectivity index (χ4v) is 2.67. The molecule has 0 unspecified atom stereocenters. The van der Waals surface area contributed by atoms with Crippen LogP contribution in [0.25, 0.3) is 22.2 Å². The number of halogens is 3. The number of carboxylic acids is 1. The third-order valence-corrected chi connectivity index (χ3v) is 3.81. The van der Waals surface area contributed by atoms with Gasteiger partial charge in [0.15, 0.2) is 5.75 Å². The zero-order chi connectivity index (χ0) is 16.7. The van der Waals surface area contributed by atoms with Crippen molar-refractivity contribution in [2.24, 2.45) is 0 Å². The minimum Gasteiger partial charge on any atom is -0.505 e. The van der Waals surface area contributed by atoms with Crippen molar-refractivity contribution in [3.05, 3.63) is 58.1 Å². The molecule has 2 aromatic carbocycles. The van der Waals surface area contributed by atoms with Crippen molar-refractivity contribution >= 4 is 32.8 Å². The Balaban J connectivity index is 2.41. The molecule has 1 aromatic heterocycles. The first-order chi connectivity index (χ1) is 10.9. The Morgan fingerprint density at radius 2 is 1.87 bits per heavy atom. The molecule has 0 aliphatic carbocycles. The maximum Gasteiger partial charge on any atom is 0.340 e. The van der Waals surface area contributed by atoms with Crippen LogP contribution in [0.3, 0.4) is 0 Å². The first kappa shape index (κ1) is 15.4. The largest absolute Gasteiger partial charge is 0.505 e. The highest BCUT2D eigenvalue weighted by Crippen LogP contribution is 2.37. The van der Waals surface area contributed by atoms with E-state index in [1.54, 1.807) is 6.07 Å². The molecule has 3 aromatic rings. The fourth-order valence-electron chi connectivity index (χ4n) is 2.31. The maximum atomic E-state index is 14.0. The van der Waals surface area contributed by atoms with Crippen molar-refractivity contribution < 1.29 is 23.8 Å². The summed E-state index contributed by atoms with van der Waals surface area (Å²) in [7, 11) is 0. The Kier molecular flexibility index (Phi) is 3.73. The molecule has 0 amide bonds. The van der Waals surface area contributed by atoms with E-state index >= 15 is 0 Å². The molecule has 0 radical (unpaired) electrons. The molecular weight excluding hydrogens is 372 g/mol. The average molecular weight is 380 g/mol. The van der Waals surface area contributed by atoms with Crippen LogP contribution in [0.4, 0.5) is 8.78 Å². The second-order valence-electron chi connectivity index (χ2n) is 4.77. The highest BCUT2D eigenvalue weighted by molar-refractivity contribution is 9.10. The van der Waals surface area contributed by atoms with E-state index in [-0.39, 0.29) is 22.2 Å². The predicted molar refractivity (Wildman–Crippen MR) is 83.4 cm³/mol. The smallest absolute Gasteiger partial charge is 0.340 e. The summed E-state index contributed by atoms with van der Waals surface area (Å²) in [5, 5.41) is 19.9. The Labute approximate surface area is 137 Å². The van der Waals surface area contributed by atoms with E-state index in [1.165, 1.54) is 12.1 Å². The van der Waals surface area contributed by atoms with E-state index < -0.39 is 28.9 Å². The Morgan fingerprint density at radius 1 is 1.13 bits per heavy atom. The van der Waals surface area contributed by atoms with Crippen LogP contribution in [0.2, 0.25) is 0 Å². The second-order valence-corrected chi connectivity index (χ2v) is 5.69. The van der Waals surface area contributed by atoms with Gasteiger partial charge >= 0.3 is 5.97 Å². The van der Waals surface area contributed by atoms with Gasteiger partial charge in [0.2, 0.25) is 0 Å². The summed E-state index contributed by atoms with van der Waals surface area (Å²) >= 11 is 3.22. The fraction of sp³-hybridized carbons (Fsp3) is 0. The normalized spacial score (nSPS) is 10.9. The number of nitrogens with zero attached hydrogens (tertiary/aromatic N) is 1. The molecule has 4 nitrogen and oxygen atoms in total. The molecule has 3 rings (SSSR count). The van der Waals surface area contributed by atoms with Gasteiger partial charge in [0, 0.05) is 21.5 Å². The summed E-state index contributed by atoms with van der Waals surface area (Å²) in [6.07, 6.45) is 0. The summed E-state index contributed by atoms with van der Waals surface area (Å²) in [6, 6.07) is 7.42. The van der Waals surface area contributed by atoms with Crippen molar-refractivity contribution in [3.63, 3.8) is 0 Å². The van der Waals surface area contributed by atoms with Gasteiger partial charge in [0.25, 0.3) is 0 Å². The highest BCUT2D eigenvalue weighted by atomic mass is 79.9. The number of hydrogen-bond acceptors (Lipinski definition) is 3. The van der Waals surface area contributed by atoms with Crippen LogP contribution >= 0.6 is 15.9 Å². The van der Waals surface area contributed by atoms with Gasteiger partial charge in [-0.25, -0.2) is 18.6 Å². The van der Waals surface area contributed by atoms with Crippen molar-refractivity contribution in [1.82, 2.24) is 4.98 Å². The van der Waals surface area contributed by atoms with Crippen LogP contribution in [0.15, 0.2) is 40.9 Å². The van der Waals surface area contributed by atoms with Crippen LogP contribution in [0, 0.1) is 11.6 Å². The van der Waals surface area contributed by atoms with Crippen molar-refractivity contribution in [3.8, 4) is 17.0 Å². The molecule has 2 N–H and O–H groups in total. The number of carbonyl (C=O) groups is 1. The average Bonchev–Trinajstić information content (AvgIpc) is 2.47. The van der Waals surface area contributed by atoms with Gasteiger partial charge in [0.1, 0.15) is 22.9 Å². The summed E-state index contributed by atoms with van der Waals surface area (Å²) in [6.45, 7) is 0. The van der Waals surface area contributed by atoms with Crippen LogP contribution in [-0.4, -0.2) is 21.2 Å². The van der Waals surface area contributed by atoms with Crippen LogP contribution in [0.1, 0.15) is 10.4 Å².